The van der Waals surface area contributed by atoms with Crippen LogP contribution in [0.15, 0.2) is 0 Å². The van der Waals surface area contributed by atoms with Crippen LogP contribution >= 0.6 is 10.4 Å². The molecule has 4 heteroatoms. The molecule has 74 valence electrons. The van der Waals surface area contributed by atoms with E-state index < -0.39 is 21.1 Å². The Hall–Kier alpha value is -0.740. The van der Waals surface area contributed by atoms with Gasteiger partial charge in [-0.2, -0.15) is 14.4 Å². The minimum Gasteiger partial charge on any atom is -0.198 e. The maximum atomic E-state index is 13.9. The van der Waals surface area contributed by atoms with E-state index in [9.17, 15) is 3.89 Å². The molecule has 0 radical (unpaired) electrons. The molecule has 0 bridgehead atoms. The van der Waals surface area contributed by atoms with E-state index >= 15 is 0 Å². The van der Waals surface area contributed by atoms with Crippen molar-refractivity contribution in [2.24, 2.45) is 5.92 Å². The van der Waals surface area contributed by atoms with Crippen LogP contribution in [0, 0.1) is 28.6 Å². The van der Waals surface area contributed by atoms with E-state index in [4.69, 9.17) is 10.5 Å². The average Bonchev–Trinajstić information content (AvgIpc) is 2.04. The lowest BCUT2D eigenvalue weighted by atomic mass is 9.93. The summed E-state index contributed by atoms with van der Waals surface area (Å²) < 4.78 is 12.7. The van der Waals surface area contributed by atoms with Gasteiger partial charge in [0.2, 0.25) is 0 Å². The molecular formula is C9H15FN2S. The molecule has 0 aliphatic rings. The van der Waals surface area contributed by atoms with Crippen molar-refractivity contribution in [3.05, 3.63) is 0 Å². The minimum atomic E-state index is -2.52. The summed E-state index contributed by atoms with van der Waals surface area (Å²) in [6.45, 7) is 3.37. The predicted octanol–water partition coefficient (Wildman–Crippen LogP) is 2.77. The molecule has 0 aliphatic carbocycles. The van der Waals surface area contributed by atoms with E-state index in [1.54, 1.807) is 13.8 Å². The molecule has 2 atom stereocenters. The van der Waals surface area contributed by atoms with Crippen molar-refractivity contribution in [3.8, 4) is 12.1 Å². The number of rotatable bonds is 3. The Kier molecular flexibility index (Phi) is 3.75. The fourth-order valence-corrected chi connectivity index (χ4v) is 3.26. The van der Waals surface area contributed by atoms with Crippen molar-refractivity contribution >= 4 is 10.4 Å². The summed E-state index contributed by atoms with van der Waals surface area (Å²) in [6.07, 6.45) is 3.26. The Morgan fingerprint density at radius 3 is 2.00 bits per heavy atom. The highest BCUT2D eigenvalue weighted by Gasteiger charge is 2.46. The van der Waals surface area contributed by atoms with Crippen LogP contribution in [-0.4, -0.2) is 17.3 Å². The fraction of sp³-hybridized carbons (Fsp3) is 0.778. The lowest BCUT2D eigenvalue weighted by Gasteiger charge is -2.40. The van der Waals surface area contributed by atoms with Crippen molar-refractivity contribution in [2.75, 3.05) is 12.5 Å². The Morgan fingerprint density at radius 1 is 1.46 bits per heavy atom. The monoisotopic (exact) mass is 202 g/mol. The number of nitriles is 2. The summed E-state index contributed by atoms with van der Waals surface area (Å²) in [4.78, 5) is 0. The van der Waals surface area contributed by atoms with E-state index in [0.717, 1.165) is 0 Å². The SMILES string of the molecule is CCC(C#N)(C(C)C#N)S(C)(C)F. The van der Waals surface area contributed by atoms with Gasteiger partial charge in [0.1, 0.15) is 4.75 Å². The van der Waals surface area contributed by atoms with Crippen molar-refractivity contribution in [1.29, 1.82) is 10.5 Å². The lowest BCUT2D eigenvalue weighted by molar-refractivity contribution is 0.542. The first-order valence-corrected chi connectivity index (χ1v) is 6.44. The maximum absolute atomic E-state index is 13.9. The molecule has 0 aromatic heterocycles. The second-order valence-electron chi connectivity index (χ2n) is 3.41. The van der Waals surface area contributed by atoms with Gasteiger partial charge in [0, 0.05) is 0 Å². The zero-order valence-corrected chi connectivity index (χ0v) is 9.28. The first-order chi connectivity index (χ1) is 5.85. The molecule has 0 fully saturated rings. The van der Waals surface area contributed by atoms with Gasteiger partial charge in [0.05, 0.1) is 18.1 Å². The lowest BCUT2D eigenvalue weighted by Crippen LogP contribution is -2.36. The second-order valence-corrected chi connectivity index (χ2v) is 6.54. The summed E-state index contributed by atoms with van der Waals surface area (Å²) in [5.41, 5.74) is 0. The topological polar surface area (TPSA) is 47.6 Å². The molecule has 0 aromatic rings. The summed E-state index contributed by atoms with van der Waals surface area (Å²) in [5.74, 6) is -0.558. The number of hydrogen-bond acceptors (Lipinski definition) is 2. The van der Waals surface area contributed by atoms with Gasteiger partial charge in [-0.15, -0.1) is 0 Å². The van der Waals surface area contributed by atoms with Crippen molar-refractivity contribution < 1.29 is 3.89 Å². The summed E-state index contributed by atoms with van der Waals surface area (Å²) >= 11 is 0. The number of nitrogens with zero attached hydrogens (tertiary/aromatic N) is 2. The molecule has 0 amide bonds. The van der Waals surface area contributed by atoms with E-state index in [-0.39, 0.29) is 0 Å². The Morgan fingerprint density at radius 2 is 1.92 bits per heavy atom. The van der Waals surface area contributed by atoms with E-state index in [0.29, 0.717) is 6.42 Å². The fourth-order valence-electron chi connectivity index (χ4n) is 1.46. The third-order valence-corrected chi connectivity index (χ3v) is 4.94. The molecule has 0 N–H and O–H groups in total. The standard InChI is InChI=1S/C9H15FN2S/c1-5-9(7-12,8(2)6-11)13(3,4)10/h8H,5H2,1-4H3. The zero-order chi connectivity index (χ0) is 10.7. The summed E-state index contributed by atoms with van der Waals surface area (Å²) in [7, 11) is -2.52. The minimum absolute atomic E-state index is 0.386. The Labute approximate surface area is 81.0 Å². The van der Waals surface area contributed by atoms with Crippen molar-refractivity contribution in [3.63, 3.8) is 0 Å². The van der Waals surface area contributed by atoms with Crippen LogP contribution in [0.5, 0.6) is 0 Å². The molecule has 0 saturated heterocycles. The number of halogens is 1. The highest BCUT2D eigenvalue weighted by Crippen LogP contribution is 2.59. The van der Waals surface area contributed by atoms with Gasteiger partial charge in [-0.05, 0) is 25.9 Å². The quantitative estimate of drug-likeness (QED) is 0.706. The molecule has 0 aliphatic heterocycles. The smallest absolute Gasteiger partial charge is 0.127 e. The third-order valence-electron chi connectivity index (χ3n) is 2.47. The molecule has 0 spiro atoms. The van der Waals surface area contributed by atoms with E-state index in [1.807, 2.05) is 12.1 Å². The molecule has 13 heavy (non-hydrogen) atoms. The van der Waals surface area contributed by atoms with Crippen LogP contribution in [0.2, 0.25) is 0 Å². The van der Waals surface area contributed by atoms with Crippen LogP contribution < -0.4 is 0 Å². The van der Waals surface area contributed by atoms with Crippen molar-refractivity contribution in [1.82, 2.24) is 0 Å². The van der Waals surface area contributed by atoms with Crippen LogP contribution in [0.1, 0.15) is 20.3 Å². The zero-order valence-electron chi connectivity index (χ0n) is 8.47. The Bertz CT molecular complexity index is 258. The first-order valence-electron chi connectivity index (χ1n) is 4.09. The molecule has 0 saturated carbocycles. The highest BCUT2D eigenvalue weighted by molar-refractivity contribution is 8.29. The molecule has 0 aromatic carbocycles. The summed E-state index contributed by atoms with van der Waals surface area (Å²) in [6, 6.07) is 3.97. The van der Waals surface area contributed by atoms with Gasteiger partial charge in [-0.3, -0.25) is 0 Å². The molecule has 2 nitrogen and oxygen atoms in total. The largest absolute Gasteiger partial charge is 0.198 e. The Balaban J connectivity index is 5.22. The molecule has 0 heterocycles. The highest BCUT2D eigenvalue weighted by atomic mass is 32.3. The van der Waals surface area contributed by atoms with Gasteiger partial charge in [0.15, 0.2) is 0 Å². The molecular weight excluding hydrogens is 187 g/mol. The maximum Gasteiger partial charge on any atom is 0.127 e. The predicted molar refractivity (Wildman–Crippen MR) is 54.0 cm³/mol. The first kappa shape index (κ1) is 12.3. The van der Waals surface area contributed by atoms with Crippen LogP contribution in [0.3, 0.4) is 0 Å². The van der Waals surface area contributed by atoms with Gasteiger partial charge in [-0.1, -0.05) is 17.3 Å². The van der Waals surface area contributed by atoms with Gasteiger partial charge >= 0.3 is 0 Å². The second kappa shape index (κ2) is 3.98. The van der Waals surface area contributed by atoms with Crippen LogP contribution in [-0.2, 0) is 0 Å². The van der Waals surface area contributed by atoms with E-state index in [2.05, 4.69) is 0 Å². The van der Waals surface area contributed by atoms with Gasteiger partial charge < -0.3 is 0 Å². The average molecular weight is 202 g/mol. The van der Waals surface area contributed by atoms with E-state index in [1.165, 1.54) is 12.5 Å². The number of hydrogen-bond donors (Lipinski definition) is 0. The van der Waals surface area contributed by atoms with Gasteiger partial charge in [0.25, 0.3) is 0 Å². The van der Waals surface area contributed by atoms with Gasteiger partial charge in [-0.25, -0.2) is 0 Å². The summed E-state index contributed by atoms with van der Waals surface area (Å²) in [5, 5.41) is 17.7. The molecule has 2 unspecified atom stereocenters. The molecule has 0 rings (SSSR count). The van der Waals surface area contributed by atoms with Crippen LogP contribution in [0.4, 0.5) is 3.89 Å². The third kappa shape index (κ3) is 1.95. The van der Waals surface area contributed by atoms with Crippen molar-refractivity contribution in [2.45, 2.75) is 25.0 Å². The normalized spacial score (nSPS) is 19.3. The van der Waals surface area contributed by atoms with Crippen LogP contribution in [0.25, 0.3) is 0 Å².